The molecule has 1 heterocycles. The molecule has 1 saturated carbocycles. The fourth-order valence-electron chi connectivity index (χ4n) is 3.73. The first kappa shape index (κ1) is 20.8. The Kier molecular flexibility index (Phi) is 5.90. The van der Waals surface area contributed by atoms with E-state index in [0.29, 0.717) is 12.8 Å². The van der Waals surface area contributed by atoms with Crippen LogP contribution in [-0.2, 0) is 30.1 Å². The normalized spacial score (nSPS) is 21.7. The van der Waals surface area contributed by atoms with Gasteiger partial charge < -0.3 is 10.1 Å². The number of alkyl halides is 3. The van der Waals surface area contributed by atoms with Gasteiger partial charge in [-0.3, -0.25) is 24.1 Å². The molecule has 0 bridgehead atoms. The largest absolute Gasteiger partial charge is 0.454 e. The van der Waals surface area contributed by atoms with Crippen molar-refractivity contribution < 1.29 is 37.1 Å². The summed E-state index contributed by atoms with van der Waals surface area (Å²) in [5, 5.41) is 2.04. The quantitative estimate of drug-likeness (QED) is 0.592. The molecule has 1 aromatic rings. The first-order chi connectivity index (χ1) is 13.7. The van der Waals surface area contributed by atoms with E-state index in [1.54, 1.807) is 0 Å². The van der Waals surface area contributed by atoms with Crippen molar-refractivity contribution in [1.82, 2.24) is 4.90 Å². The Morgan fingerprint density at radius 2 is 1.66 bits per heavy atom. The van der Waals surface area contributed by atoms with Crippen molar-refractivity contribution in [3.05, 3.63) is 29.8 Å². The summed E-state index contributed by atoms with van der Waals surface area (Å²) in [6, 6.07) is 4.39. The number of halogens is 3. The Bertz CT molecular complexity index is 815. The summed E-state index contributed by atoms with van der Waals surface area (Å²) in [6.45, 7) is -1.45. The molecule has 0 spiro atoms. The maximum Gasteiger partial charge on any atom is 0.418 e. The molecule has 1 saturated heterocycles. The van der Waals surface area contributed by atoms with Crippen LogP contribution in [0.2, 0.25) is 0 Å². The number of amides is 3. The van der Waals surface area contributed by atoms with Gasteiger partial charge in [-0.15, -0.1) is 0 Å². The van der Waals surface area contributed by atoms with Gasteiger partial charge in [0.05, 0.1) is 23.1 Å². The molecule has 10 heteroatoms. The molecular formula is C19H19F3N2O5. The second-order valence-electron chi connectivity index (χ2n) is 7.01. The van der Waals surface area contributed by atoms with E-state index >= 15 is 0 Å². The van der Waals surface area contributed by atoms with Crippen molar-refractivity contribution in [2.24, 2.45) is 11.8 Å². The average Bonchev–Trinajstić information content (AvgIpc) is 2.91. The van der Waals surface area contributed by atoms with Crippen molar-refractivity contribution in [3.63, 3.8) is 0 Å². The van der Waals surface area contributed by atoms with Gasteiger partial charge in [-0.05, 0) is 25.0 Å². The molecule has 3 rings (SSSR count). The van der Waals surface area contributed by atoms with E-state index in [9.17, 15) is 32.3 Å². The van der Waals surface area contributed by atoms with Crippen LogP contribution >= 0.6 is 0 Å². The topological polar surface area (TPSA) is 92.8 Å². The molecule has 0 aromatic heterocycles. The third-order valence-electron chi connectivity index (χ3n) is 5.09. The standard InChI is InChI=1S/C19H19F3N2O5/c20-19(21,22)13-7-3-4-8-14(13)23-15(25)10-29-16(26)9-24-17(27)11-5-1-2-6-12(11)18(24)28/h3-4,7-8,11-12H,1-2,5-6,9-10H2,(H,23,25)/t11-,12-/m0/s1. The number of carbonyl (C=O) groups excluding carboxylic acids is 4. The van der Waals surface area contributed by atoms with Gasteiger partial charge >= 0.3 is 12.1 Å². The van der Waals surface area contributed by atoms with Crippen LogP contribution in [0.3, 0.4) is 0 Å². The van der Waals surface area contributed by atoms with Gasteiger partial charge in [-0.25, -0.2) is 0 Å². The van der Waals surface area contributed by atoms with E-state index in [1.807, 2.05) is 5.32 Å². The minimum absolute atomic E-state index is 0.411. The highest BCUT2D eigenvalue weighted by Crippen LogP contribution is 2.38. The average molecular weight is 412 g/mol. The molecule has 7 nitrogen and oxygen atoms in total. The van der Waals surface area contributed by atoms with Gasteiger partial charge in [0, 0.05) is 0 Å². The fraction of sp³-hybridized carbons (Fsp3) is 0.474. The maximum atomic E-state index is 12.9. The van der Waals surface area contributed by atoms with Crippen LogP contribution in [-0.4, -0.2) is 41.7 Å². The zero-order valence-electron chi connectivity index (χ0n) is 15.3. The van der Waals surface area contributed by atoms with Crippen LogP contribution in [0.4, 0.5) is 18.9 Å². The zero-order chi connectivity index (χ0) is 21.2. The van der Waals surface area contributed by atoms with Crippen LogP contribution < -0.4 is 5.32 Å². The second kappa shape index (κ2) is 8.22. The minimum atomic E-state index is -4.66. The molecule has 2 atom stereocenters. The van der Waals surface area contributed by atoms with Crippen molar-refractivity contribution in [2.45, 2.75) is 31.9 Å². The first-order valence-electron chi connectivity index (χ1n) is 9.15. The molecule has 2 fully saturated rings. The van der Waals surface area contributed by atoms with Gasteiger partial charge in [0.1, 0.15) is 6.54 Å². The molecule has 1 N–H and O–H groups in total. The lowest BCUT2D eigenvalue weighted by Crippen LogP contribution is -2.37. The van der Waals surface area contributed by atoms with Crippen LogP contribution in [0.15, 0.2) is 24.3 Å². The number of anilines is 1. The maximum absolute atomic E-state index is 12.9. The lowest BCUT2D eigenvalue weighted by Gasteiger charge is -2.19. The second-order valence-corrected chi connectivity index (χ2v) is 7.01. The number of esters is 1. The van der Waals surface area contributed by atoms with E-state index in [2.05, 4.69) is 0 Å². The summed E-state index contributed by atoms with van der Waals surface area (Å²) in [5.41, 5.74) is -1.49. The van der Waals surface area contributed by atoms with Crippen molar-refractivity contribution >= 4 is 29.4 Å². The molecule has 156 valence electrons. The molecule has 1 aliphatic heterocycles. The third kappa shape index (κ3) is 4.57. The number of nitrogens with zero attached hydrogens (tertiary/aromatic N) is 1. The predicted octanol–water partition coefficient (Wildman–Crippen LogP) is 2.36. The summed E-state index contributed by atoms with van der Waals surface area (Å²) in [6.07, 6.45) is -1.77. The summed E-state index contributed by atoms with van der Waals surface area (Å²) in [4.78, 5) is 49.3. The number of fused-ring (bicyclic) bond motifs is 1. The Morgan fingerprint density at radius 3 is 2.24 bits per heavy atom. The summed E-state index contributed by atoms with van der Waals surface area (Å²) in [5.74, 6) is -3.61. The number of imide groups is 1. The van der Waals surface area contributed by atoms with E-state index in [-0.39, 0.29) is 0 Å². The Morgan fingerprint density at radius 1 is 1.07 bits per heavy atom. The van der Waals surface area contributed by atoms with Gasteiger partial charge in [-0.1, -0.05) is 25.0 Å². The number of hydrogen-bond acceptors (Lipinski definition) is 5. The number of hydrogen-bond donors (Lipinski definition) is 1. The summed E-state index contributed by atoms with van der Waals surface area (Å²) >= 11 is 0. The third-order valence-corrected chi connectivity index (χ3v) is 5.09. The monoisotopic (exact) mass is 412 g/mol. The Labute approximate surface area is 164 Å². The van der Waals surface area contributed by atoms with Crippen molar-refractivity contribution in [2.75, 3.05) is 18.5 Å². The highest BCUT2D eigenvalue weighted by atomic mass is 19.4. The molecule has 29 heavy (non-hydrogen) atoms. The number of rotatable bonds is 5. The fourth-order valence-corrected chi connectivity index (χ4v) is 3.73. The predicted molar refractivity (Wildman–Crippen MR) is 93.2 cm³/mol. The molecule has 3 amide bonds. The SMILES string of the molecule is O=C(COC(=O)CN1C(=O)[C@H]2CCCC[C@@H]2C1=O)Nc1ccccc1C(F)(F)F. The van der Waals surface area contributed by atoms with Gasteiger partial charge in [0.2, 0.25) is 11.8 Å². The number of likely N-dealkylation sites (tertiary alicyclic amines) is 1. The van der Waals surface area contributed by atoms with E-state index in [0.717, 1.165) is 29.9 Å². The number of para-hydroxylation sites is 1. The van der Waals surface area contributed by atoms with Crippen LogP contribution in [0.1, 0.15) is 31.2 Å². The molecule has 2 aliphatic rings. The summed E-state index contributed by atoms with van der Waals surface area (Å²) in [7, 11) is 0. The van der Waals surface area contributed by atoms with Crippen molar-refractivity contribution in [1.29, 1.82) is 0 Å². The first-order valence-corrected chi connectivity index (χ1v) is 9.15. The summed E-state index contributed by atoms with van der Waals surface area (Å²) < 4.78 is 43.5. The number of nitrogens with one attached hydrogen (secondary N) is 1. The van der Waals surface area contributed by atoms with Gasteiger partial charge in [0.15, 0.2) is 6.61 Å². The van der Waals surface area contributed by atoms with E-state index in [1.165, 1.54) is 12.1 Å². The smallest absolute Gasteiger partial charge is 0.418 e. The van der Waals surface area contributed by atoms with E-state index in [4.69, 9.17) is 4.74 Å². The van der Waals surface area contributed by atoms with Gasteiger partial charge in [-0.2, -0.15) is 13.2 Å². The highest BCUT2D eigenvalue weighted by molar-refractivity contribution is 6.07. The molecular weight excluding hydrogens is 393 g/mol. The molecule has 1 aromatic carbocycles. The zero-order valence-corrected chi connectivity index (χ0v) is 15.3. The highest BCUT2D eigenvalue weighted by Gasteiger charge is 2.48. The van der Waals surface area contributed by atoms with Gasteiger partial charge in [0.25, 0.3) is 5.91 Å². The number of carbonyl (C=O) groups is 4. The molecule has 0 radical (unpaired) electrons. The van der Waals surface area contributed by atoms with E-state index < -0.39 is 66.1 Å². The number of ether oxygens (including phenoxy) is 1. The Hall–Kier alpha value is -2.91. The van der Waals surface area contributed by atoms with Crippen molar-refractivity contribution in [3.8, 4) is 0 Å². The minimum Gasteiger partial charge on any atom is -0.454 e. The molecule has 1 aliphatic carbocycles. The van der Waals surface area contributed by atoms with Crippen LogP contribution in [0.5, 0.6) is 0 Å². The Balaban J connectivity index is 1.53. The molecule has 0 unspecified atom stereocenters. The lowest BCUT2D eigenvalue weighted by molar-refractivity contribution is -0.154. The lowest BCUT2D eigenvalue weighted by atomic mass is 9.81. The van der Waals surface area contributed by atoms with Crippen LogP contribution in [0, 0.1) is 11.8 Å². The van der Waals surface area contributed by atoms with Crippen LogP contribution in [0.25, 0.3) is 0 Å². The number of benzene rings is 1.